The number of nitro groups is 1. The molecular formula is C15H11ClN4O4S. The number of ether oxygens (including phenoxy) is 1. The van der Waals surface area contributed by atoms with Crippen LogP contribution >= 0.6 is 22.9 Å². The van der Waals surface area contributed by atoms with E-state index >= 15 is 0 Å². The second-order valence-corrected chi connectivity index (χ2v) is 6.01. The summed E-state index contributed by atoms with van der Waals surface area (Å²) in [5.74, 6) is -0.627. The van der Waals surface area contributed by atoms with E-state index in [-0.39, 0.29) is 34.7 Å². The first-order chi connectivity index (χ1) is 12.0. The van der Waals surface area contributed by atoms with Gasteiger partial charge in [0, 0.05) is 22.0 Å². The number of hydrogen-bond acceptors (Lipinski definition) is 7. The summed E-state index contributed by atoms with van der Waals surface area (Å²) in [4.78, 5) is 27.2. The Hall–Kier alpha value is -2.78. The highest BCUT2D eigenvalue weighted by Crippen LogP contribution is 2.28. The molecule has 0 aliphatic heterocycles. The molecule has 0 aliphatic carbocycles. The molecule has 128 valence electrons. The molecule has 0 radical (unpaired) electrons. The van der Waals surface area contributed by atoms with Crippen molar-refractivity contribution in [3.05, 3.63) is 56.0 Å². The van der Waals surface area contributed by atoms with Crippen molar-refractivity contribution in [2.24, 2.45) is 0 Å². The van der Waals surface area contributed by atoms with Crippen molar-refractivity contribution in [2.75, 3.05) is 6.61 Å². The van der Waals surface area contributed by atoms with Crippen LogP contribution < -0.4 is 0 Å². The smallest absolute Gasteiger partial charge is 0.376 e. The molecule has 25 heavy (non-hydrogen) atoms. The second-order valence-electron chi connectivity index (χ2n) is 4.79. The summed E-state index contributed by atoms with van der Waals surface area (Å²) in [5.41, 5.74) is 0.477. The Morgan fingerprint density at radius 1 is 1.44 bits per heavy atom. The molecule has 0 saturated carbocycles. The zero-order valence-electron chi connectivity index (χ0n) is 12.9. The normalized spacial score (nSPS) is 10.6. The van der Waals surface area contributed by atoms with Gasteiger partial charge in [0.05, 0.1) is 11.5 Å². The van der Waals surface area contributed by atoms with Crippen LogP contribution in [0.1, 0.15) is 17.5 Å². The predicted molar refractivity (Wildman–Crippen MR) is 92.3 cm³/mol. The molecule has 0 atom stereocenters. The zero-order chi connectivity index (χ0) is 18.0. The highest BCUT2D eigenvalue weighted by molar-refractivity contribution is 7.08. The summed E-state index contributed by atoms with van der Waals surface area (Å²) in [7, 11) is 0. The molecule has 2 heterocycles. The van der Waals surface area contributed by atoms with Crippen LogP contribution in [0.3, 0.4) is 0 Å². The number of carbonyl (C=O) groups is 1. The third kappa shape index (κ3) is 3.37. The van der Waals surface area contributed by atoms with Gasteiger partial charge in [-0.1, -0.05) is 11.6 Å². The van der Waals surface area contributed by atoms with Crippen LogP contribution in [0.5, 0.6) is 0 Å². The van der Waals surface area contributed by atoms with Gasteiger partial charge in [-0.05, 0) is 30.5 Å². The summed E-state index contributed by atoms with van der Waals surface area (Å²) in [6, 6.07) is 5.78. The lowest BCUT2D eigenvalue weighted by Gasteiger charge is -2.06. The van der Waals surface area contributed by atoms with Crippen molar-refractivity contribution in [1.82, 2.24) is 14.8 Å². The molecule has 2 aromatic heterocycles. The van der Waals surface area contributed by atoms with E-state index in [0.717, 1.165) is 4.68 Å². The summed E-state index contributed by atoms with van der Waals surface area (Å²) in [6.07, 6.45) is 0. The first-order valence-electron chi connectivity index (χ1n) is 7.12. The summed E-state index contributed by atoms with van der Waals surface area (Å²) in [5, 5.41) is 19.5. The van der Waals surface area contributed by atoms with Crippen molar-refractivity contribution in [3.8, 4) is 17.1 Å². The molecule has 3 aromatic rings. The Labute approximate surface area is 150 Å². The maximum absolute atomic E-state index is 12.2. The maximum atomic E-state index is 12.2. The van der Waals surface area contributed by atoms with Gasteiger partial charge < -0.3 is 4.74 Å². The Morgan fingerprint density at radius 2 is 2.24 bits per heavy atom. The first kappa shape index (κ1) is 17.1. The molecule has 3 rings (SSSR count). The van der Waals surface area contributed by atoms with Gasteiger partial charge in [-0.15, -0.1) is 5.10 Å². The summed E-state index contributed by atoms with van der Waals surface area (Å²) >= 11 is 7.41. The largest absolute Gasteiger partial charge is 0.460 e. The number of nitrogens with zero attached hydrogens (tertiary/aromatic N) is 4. The van der Waals surface area contributed by atoms with Gasteiger partial charge in [-0.2, -0.15) is 16.0 Å². The first-order valence-corrected chi connectivity index (χ1v) is 8.44. The van der Waals surface area contributed by atoms with Gasteiger partial charge in [0.15, 0.2) is 5.82 Å². The molecule has 10 heteroatoms. The molecular weight excluding hydrogens is 368 g/mol. The van der Waals surface area contributed by atoms with E-state index in [1.54, 1.807) is 18.4 Å². The molecule has 1 aromatic carbocycles. The maximum Gasteiger partial charge on any atom is 0.376 e. The van der Waals surface area contributed by atoms with Crippen molar-refractivity contribution in [1.29, 1.82) is 0 Å². The third-order valence-electron chi connectivity index (χ3n) is 3.21. The van der Waals surface area contributed by atoms with E-state index in [2.05, 4.69) is 10.1 Å². The van der Waals surface area contributed by atoms with Gasteiger partial charge in [0.1, 0.15) is 5.69 Å². The Bertz CT molecular complexity index is 939. The molecule has 0 amide bonds. The summed E-state index contributed by atoms with van der Waals surface area (Å²) < 4.78 is 6.08. The van der Waals surface area contributed by atoms with Crippen LogP contribution in [0.4, 0.5) is 5.69 Å². The minimum Gasteiger partial charge on any atom is -0.460 e. The predicted octanol–water partition coefficient (Wildman–Crippen LogP) is 3.73. The lowest BCUT2D eigenvalue weighted by Crippen LogP contribution is -2.14. The van der Waals surface area contributed by atoms with E-state index in [1.165, 1.54) is 29.5 Å². The van der Waals surface area contributed by atoms with Gasteiger partial charge in [0.25, 0.3) is 5.69 Å². The van der Waals surface area contributed by atoms with Crippen LogP contribution in [0.25, 0.3) is 17.1 Å². The van der Waals surface area contributed by atoms with Gasteiger partial charge in [-0.25, -0.2) is 9.78 Å². The van der Waals surface area contributed by atoms with E-state index in [1.807, 2.05) is 5.38 Å². The lowest BCUT2D eigenvalue weighted by molar-refractivity contribution is -0.384. The highest BCUT2D eigenvalue weighted by atomic mass is 35.5. The van der Waals surface area contributed by atoms with Crippen molar-refractivity contribution < 1.29 is 14.5 Å². The minimum absolute atomic E-state index is 0.0366. The number of esters is 1. The monoisotopic (exact) mass is 378 g/mol. The van der Waals surface area contributed by atoms with E-state index < -0.39 is 10.9 Å². The molecule has 0 N–H and O–H groups in total. The fourth-order valence-electron chi connectivity index (χ4n) is 2.14. The van der Waals surface area contributed by atoms with Crippen LogP contribution in [-0.2, 0) is 4.74 Å². The molecule has 0 fully saturated rings. The Morgan fingerprint density at radius 3 is 2.88 bits per heavy atom. The van der Waals surface area contributed by atoms with E-state index in [9.17, 15) is 14.9 Å². The number of hydrogen-bond donors (Lipinski definition) is 0. The Kier molecular flexibility index (Phi) is 4.77. The van der Waals surface area contributed by atoms with Crippen LogP contribution in [-0.4, -0.2) is 32.3 Å². The van der Waals surface area contributed by atoms with Crippen LogP contribution in [0, 0.1) is 10.1 Å². The SMILES string of the molecule is CCOC(=O)c1nc(-c2ccsc2)nn1-c1cc(Cl)ccc1[N+](=O)[O-]. The average molecular weight is 379 g/mol. The quantitative estimate of drug-likeness (QED) is 0.381. The molecule has 0 bridgehead atoms. The van der Waals surface area contributed by atoms with Crippen molar-refractivity contribution in [3.63, 3.8) is 0 Å². The van der Waals surface area contributed by atoms with Crippen molar-refractivity contribution in [2.45, 2.75) is 6.92 Å². The molecule has 0 spiro atoms. The zero-order valence-corrected chi connectivity index (χ0v) is 14.5. The van der Waals surface area contributed by atoms with Gasteiger partial charge >= 0.3 is 5.97 Å². The van der Waals surface area contributed by atoms with Crippen LogP contribution in [0.2, 0.25) is 5.02 Å². The van der Waals surface area contributed by atoms with Crippen molar-refractivity contribution >= 4 is 34.6 Å². The van der Waals surface area contributed by atoms with Crippen LogP contribution in [0.15, 0.2) is 35.0 Å². The number of thiophene rings is 1. The topological polar surface area (TPSA) is 100 Å². The van der Waals surface area contributed by atoms with E-state index in [0.29, 0.717) is 5.56 Å². The summed E-state index contributed by atoms with van der Waals surface area (Å²) in [6.45, 7) is 1.79. The number of rotatable bonds is 5. The number of aromatic nitrogens is 3. The lowest BCUT2D eigenvalue weighted by atomic mass is 10.2. The highest BCUT2D eigenvalue weighted by Gasteiger charge is 2.26. The number of nitro benzene ring substituents is 1. The second kappa shape index (κ2) is 6.99. The third-order valence-corrected chi connectivity index (χ3v) is 4.13. The van der Waals surface area contributed by atoms with E-state index in [4.69, 9.17) is 16.3 Å². The molecule has 0 saturated heterocycles. The van der Waals surface area contributed by atoms with Gasteiger partial charge in [-0.3, -0.25) is 10.1 Å². The molecule has 0 unspecified atom stereocenters. The fourth-order valence-corrected chi connectivity index (χ4v) is 2.94. The minimum atomic E-state index is -0.731. The number of carbonyl (C=O) groups excluding carboxylic acids is 1. The van der Waals surface area contributed by atoms with Gasteiger partial charge in [0.2, 0.25) is 5.82 Å². The fraction of sp³-hybridized carbons (Fsp3) is 0.133. The Balaban J connectivity index is 2.23. The number of benzene rings is 1. The molecule has 0 aliphatic rings. The number of halogens is 1. The standard InChI is InChI=1S/C15H11ClN4O4S/c1-2-24-15(21)14-17-13(9-5-6-25-8-9)18-19(14)12-7-10(16)3-4-11(12)20(22)23/h3-8H,2H2,1H3. The average Bonchev–Trinajstić information content (AvgIpc) is 3.24. The molecule has 8 nitrogen and oxygen atoms in total.